The Bertz CT molecular complexity index is 1020. The van der Waals surface area contributed by atoms with E-state index in [0.29, 0.717) is 11.6 Å². The number of hydrogen-bond acceptors (Lipinski definition) is 5. The summed E-state index contributed by atoms with van der Waals surface area (Å²) >= 11 is 7.43. The van der Waals surface area contributed by atoms with E-state index in [9.17, 15) is 4.79 Å². The molecule has 4 rings (SSSR count). The highest BCUT2D eigenvalue weighted by atomic mass is 35.5. The maximum Gasteiger partial charge on any atom is 0.230 e. The molecular weight excluding hydrogens is 434 g/mol. The monoisotopic (exact) mass is 457 g/mol. The second-order valence-electron chi connectivity index (χ2n) is 7.23. The summed E-state index contributed by atoms with van der Waals surface area (Å²) in [7, 11) is 1.64. The van der Waals surface area contributed by atoms with Crippen molar-refractivity contribution >= 4 is 29.3 Å². The van der Waals surface area contributed by atoms with Crippen LogP contribution >= 0.6 is 23.4 Å². The Morgan fingerprint density at radius 1 is 1.23 bits per heavy atom. The second kappa shape index (κ2) is 10.2. The number of H-pyrrole nitrogens is 1. The van der Waals surface area contributed by atoms with E-state index in [4.69, 9.17) is 26.1 Å². The molecule has 2 N–H and O–H groups in total. The number of carbonyl (C=O) groups excluding carboxylic acids is 1. The zero-order valence-corrected chi connectivity index (χ0v) is 18.8. The van der Waals surface area contributed by atoms with Gasteiger partial charge in [-0.1, -0.05) is 23.4 Å². The van der Waals surface area contributed by atoms with E-state index < -0.39 is 0 Å². The fourth-order valence-electron chi connectivity index (χ4n) is 3.38. The first-order chi connectivity index (χ1) is 15.1. The molecule has 1 unspecified atom stereocenters. The lowest BCUT2D eigenvalue weighted by molar-refractivity contribution is -0.119. The molecule has 0 spiro atoms. The minimum Gasteiger partial charge on any atom is -0.497 e. The average molecular weight is 458 g/mol. The fraction of sp³-hybridized carbons (Fsp3) is 0.304. The summed E-state index contributed by atoms with van der Waals surface area (Å²) in [6, 6.07) is 15.2. The number of ether oxygens (including phenoxy) is 2. The summed E-state index contributed by atoms with van der Waals surface area (Å²) in [4.78, 5) is 20.5. The highest BCUT2D eigenvalue weighted by Crippen LogP contribution is 2.33. The number of imidazole rings is 1. The van der Waals surface area contributed by atoms with E-state index in [1.54, 1.807) is 7.11 Å². The van der Waals surface area contributed by atoms with Crippen molar-refractivity contribution in [1.29, 1.82) is 0 Å². The first-order valence-corrected chi connectivity index (χ1v) is 11.5. The largest absolute Gasteiger partial charge is 0.497 e. The van der Waals surface area contributed by atoms with Crippen LogP contribution < -0.4 is 10.1 Å². The Kier molecular flexibility index (Phi) is 7.17. The van der Waals surface area contributed by atoms with E-state index in [-0.39, 0.29) is 17.8 Å². The molecule has 1 aliphatic heterocycles. The first-order valence-electron chi connectivity index (χ1n) is 10.1. The normalized spacial score (nSPS) is 15.7. The van der Waals surface area contributed by atoms with Crippen molar-refractivity contribution in [3.05, 3.63) is 53.6 Å². The van der Waals surface area contributed by atoms with Gasteiger partial charge in [0, 0.05) is 29.3 Å². The van der Waals surface area contributed by atoms with Crippen molar-refractivity contribution in [2.45, 2.75) is 24.0 Å². The molecule has 1 atom stereocenters. The van der Waals surface area contributed by atoms with Gasteiger partial charge in [0.15, 0.2) is 0 Å². The van der Waals surface area contributed by atoms with Gasteiger partial charge in [-0.05, 0) is 61.4 Å². The highest BCUT2D eigenvalue weighted by molar-refractivity contribution is 8.00. The summed E-state index contributed by atoms with van der Waals surface area (Å²) in [6.45, 7) is 1.34. The quantitative estimate of drug-likeness (QED) is 0.475. The van der Waals surface area contributed by atoms with Crippen molar-refractivity contribution < 1.29 is 14.3 Å². The molecule has 0 radical (unpaired) electrons. The van der Waals surface area contributed by atoms with Gasteiger partial charge in [-0.15, -0.1) is 0 Å². The van der Waals surface area contributed by atoms with Gasteiger partial charge in [0.2, 0.25) is 5.91 Å². The molecule has 162 valence electrons. The van der Waals surface area contributed by atoms with Crippen molar-refractivity contribution in [2.24, 2.45) is 0 Å². The molecule has 31 heavy (non-hydrogen) atoms. The van der Waals surface area contributed by atoms with Crippen LogP contribution in [0.3, 0.4) is 0 Å². The highest BCUT2D eigenvalue weighted by Gasteiger charge is 2.18. The number of benzene rings is 2. The van der Waals surface area contributed by atoms with Crippen LogP contribution in [0.2, 0.25) is 5.02 Å². The van der Waals surface area contributed by atoms with Crippen molar-refractivity contribution in [3.63, 3.8) is 0 Å². The lowest BCUT2D eigenvalue weighted by Crippen LogP contribution is -2.32. The Morgan fingerprint density at radius 2 is 1.97 bits per heavy atom. The molecule has 1 amide bonds. The van der Waals surface area contributed by atoms with Gasteiger partial charge in [-0.3, -0.25) is 4.79 Å². The topological polar surface area (TPSA) is 76.2 Å². The Balaban J connectivity index is 1.52. The average Bonchev–Trinajstić information content (AvgIpc) is 3.47. The molecule has 1 saturated heterocycles. The van der Waals surface area contributed by atoms with E-state index in [1.165, 1.54) is 11.8 Å². The van der Waals surface area contributed by atoms with Gasteiger partial charge in [0.05, 0.1) is 24.7 Å². The zero-order chi connectivity index (χ0) is 21.6. The van der Waals surface area contributed by atoms with Gasteiger partial charge in [-0.2, -0.15) is 0 Å². The number of amides is 1. The number of hydrogen-bond donors (Lipinski definition) is 2. The lowest BCUT2D eigenvalue weighted by atomic mass is 10.1. The summed E-state index contributed by atoms with van der Waals surface area (Å²) < 4.78 is 10.8. The number of halogens is 1. The van der Waals surface area contributed by atoms with Gasteiger partial charge in [0.25, 0.3) is 0 Å². The number of methoxy groups -OCH3 is 1. The molecule has 0 saturated carbocycles. The molecule has 1 aliphatic rings. The number of thioether (sulfide) groups is 1. The Morgan fingerprint density at radius 3 is 2.65 bits per heavy atom. The SMILES string of the molecule is COc1ccc(-c2[nH]c(-c3ccc(Cl)cc3)nc2SCC(=O)NCC2CCCO2)cc1. The Hall–Kier alpha value is -2.48. The number of nitrogens with zero attached hydrogens (tertiary/aromatic N) is 1. The van der Waals surface area contributed by atoms with Crippen LogP contribution in [0.1, 0.15) is 12.8 Å². The number of aromatic nitrogens is 2. The van der Waals surface area contributed by atoms with Crippen LogP contribution in [0, 0.1) is 0 Å². The third-order valence-corrected chi connectivity index (χ3v) is 6.29. The van der Waals surface area contributed by atoms with Crippen LogP contribution in [0.4, 0.5) is 0 Å². The van der Waals surface area contributed by atoms with Crippen LogP contribution in [0.15, 0.2) is 53.6 Å². The van der Waals surface area contributed by atoms with Crippen LogP contribution in [-0.2, 0) is 9.53 Å². The van der Waals surface area contributed by atoms with Crippen LogP contribution in [0.25, 0.3) is 22.6 Å². The number of carbonyl (C=O) groups is 1. The van der Waals surface area contributed by atoms with Crippen molar-refractivity contribution in [2.75, 3.05) is 26.0 Å². The number of rotatable bonds is 8. The van der Waals surface area contributed by atoms with Gasteiger partial charge >= 0.3 is 0 Å². The van der Waals surface area contributed by atoms with E-state index in [0.717, 1.165) is 52.9 Å². The summed E-state index contributed by atoms with van der Waals surface area (Å²) in [5, 5.41) is 4.40. The minimum atomic E-state index is -0.0303. The molecule has 8 heteroatoms. The standard InChI is InChI=1S/C23H24ClN3O3S/c1-29-18-10-6-15(7-11-18)21-23(27-22(26-21)16-4-8-17(24)9-5-16)31-14-20(28)25-13-19-3-2-12-30-19/h4-11,19H,2-3,12-14H2,1H3,(H,25,28)(H,26,27). The second-order valence-corrected chi connectivity index (χ2v) is 8.63. The molecule has 2 heterocycles. The summed E-state index contributed by atoms with van der Waals surface area (Å²) in [5.74, 6) is 1.76. The smallest absolute Gasteiger partial charge is 0.230 e. The molecule has 0 aliphatic carbocycles. The van der Waals surface area contributed by atoms with Gasteiger partial charge in [-0.25, -0.2) is 4.98 Å². The number of nitrogens with one attached hydrogen (secondary N) is 2. The third-order valence-electron chi connectivity index (χ3n) is 5.06. The van der Waals surface area contributed by atoms with E-state index >= 15 is 0 Å². The lowest BCUT2D eigenvalue weighted by Gasteiger charge is -2.10. The van der Waals surface area contributed by atoms with Gasteiger partial charge in [0.1, 0.15) is 16.6 Å². The van der Waals surface area contributed by atoms with Gasteiger partial charge < -0.3 is 19.8 Å². The molecular formula is C23H24ClN3O3S. The fourth-order valence-corrected chi connectivity index (χ4v) is 4.34. The van der Waals surface area contributed by atoms with Crippen LogP contribution in [0.5, 0.6) is 5.75 Å². The third kappa shape index (κ3) is 5.61. The Labute approximate surface area is 190 Å². The molecule has 3 aromatic rings. The summed E-state index contributed by atoms with van der Waals surface area (Å²) in [6.07, 6.45) is 2.19. The predicted molar refractivity (Wildman–Crippen MR) is 124 cm³/mol. The maximum absolute atomic E-state index is 12.4. The summed E-state index contributed by atoms with van der Waals surface area (Å²) in [5.41, 5.74) is 2.76. The van der Waals surface area contributed by atoms with E-state index in [1.807, 2.05) is 48.5 Å². The predicted octanol–water partition coefficient (Wildman–Crippen LogP) is 4.79. The zero-order valence-electron chi connectivity index (χ0n) is 17.2. The van der Waals surface area contributed by atoms with E-state index in [2.05, 4.69) is 10.3 Å². The number of aromatic amines is 1. The minimum absolute atomic E-state index is 0.0303. The molecule has 1 aromatic heterocycles. The van der Waals surface area contributed by atoms with Crippen LogP contribution in [-0.4, -0.2) is 48.0 Å². The van der Waals surface area contributed by atoms with Crippen molar-refractivity contribution in [3.8, 4) is 28.4 Å². The maximum atomic E-state index is 12.4. The molecule has 6 nitrogen and oxygen atoms in total. The molecule has 2 aromatic carbocycles. The first kappa shape index (κ1) is 21.7. The molecule has 1 fully saturated rings. The molecule has 0 bridgehead atoms. The van der Waals surface area contributed by atoms with Crippen molar-refractivity contribution in [1.82, 2.24) is 15.3 Å².